The molecule has 0 aromatic carbocycles. The third kappa shape index (κ3) is 1.65. The van der Waals surface area contributed by atoms with Gasteiger partial charge < -0.3 is 9.30 Å². The summed E-state index contributed by atoms with van der Waals surface area (Å²) >= 11 is 3.48. The summed E-state index contributed by atoms with van der Waals surface area (Å²) in [4.78, 5) is 4.40. The molecule has 13 heavy (non-hydrogen) atoms. The highest BCUT2D eigenvalue weighted by Gasteiger charge is 2.22. The van der Waals surface area contributed by atoms with E-state index in [1.807, 2.05) is 6.20 Å². The molecule has 72 valence electrons. The van der Waals surface area contributed by atoms with Crippen LogP contribution in [0.5, 0.6) is 0 Å². The van der Waals surface area contributed by atoms with Gasteiger partial charge in [0.2, 0.25) is 0 Å². The van der Waals surface area contributed by atoms with E-state index in [1.54, 1.807) is 0 Å². The third-order valence-electron chi connectivity index (χ3n) is 2.45. The molecule has 0 amide bonds. The van der Waals surface area contributed by atoms with Crippen LogP contribution in [0.3, 0.4) is 0 Å². The average molecular weight is 245 g/mol. The van der Waals surface area contributed by atoms with E-state index in [1.165, 1.54) is 0 Å². The topological polar surface area (TPSA) is 27.1 Å². The Morgan fingerprint density at radius 2 is 2.62 bits per heavy atom. The summed E-state index contributed by atoms with van der Waals surface area (Å²) in [5.41, 5.74) is 0. The van der Waals surface area contributed by atoms with Crippen molar-refractivity contribution in [3.05, 3.63) is 16.6 Å². The van der Waals surface area contributed by atoms with Crippen LogP contribution >= 0.6 is 15.9 Å². The number of nitrogens with zero attached hydrogens (tertiary/aromatic N) is 2. The SMILES string of the molecule is CCn1c(Br)cnc1C1CCOC1. The third-order valence-corrected chi connectivity index (χ3v) is 3.08. The van der Waals surface area contributed by atoms with Crippen molar-refractivity contribution < 1.29 is 4.74 Å². The number of rotatable bonds is 2. The Morgan fingerprint density at radius 1 is 1.77 bits per heavy atom. The fourth-order valence-electron chi connectivity index (χ4n) is 1.75. The molecular formula is C9H13BrN2O. The van der Waals surface area contributed by atoms with E-state index in [0.29, 0.717) is 5.92 Å². The van der Waals surface area contributed by atoms with Crippen molar-refractivity contribution in [2.45, 2.75) is 25.8 Å². The van der Waals surface area contributed by atoms with Gasteiger partial charge in [0.1, 0.15) is 10.4 Å². The van der Waals surface area contributed by atoms with Gasteiger partial charge in [0.25, 0.3) is 0 Å². The van der Waals surface area contributed by atoms with Crippen LogP contribution in [0.15, 0.2) is 10.8 Å². The first kappa shape index (κ1) is 9.21. The van der Waals surface area contributed by atoms with Crippen LogP contribution in [-0.2, 0) is 11.3 Å². The lowest BCUT2D eigenvalue weighted by Gasteiger charge is -2.10. The molecule has 2 rings (SSSR count). The van der Waals surface area contributed by atoms with Gasteiger partial charge in [0, 0.05) is 19.1 Å². The molecule has 1 saturated heterocycles. The largest absolute Gasteiger partial charge is 0.381 e. The second kappa shape index (κ2) is 3.80. The molecule has 1 atom stereocenters. The van der Waals surface area contributed by atoms with E-state index < -0.39 is 0 Å². The molecule has 0 radical (unpaired) electrons. The summed E-state index contributed by atoms with van der Waals surface area (Å²) in [6, 6.07) is 0. The summed E-state index contributed by atoms with van der Waals surface area (Å²) in [6.07, 6.45) is 2.97. The molecule has 1 aromatic heterocycles. The number of hydrogen-bond acceptors (Lipinski definition) is 2. The molecule has 1 aliphatic heterocycles. The van der Waals surface area contributed by atoms with Crippen molar-refractivity contribution in [1.29, 1.82) is 0 Å². The number of ether oxygens (including phenoxy) is 1. The number of hydrogen-bond donors (Lipinski definition) is 0. The van der Waals surface area contributed by atoms with Crippen LogP contribution < -0.4 is 0 Å². The van der Waals surface area contributed by atoms with Crippen molar-refractivity contribution >= 4 is 15.9 Å². The summed E-state index contributed by atoms with van der Waals surface area (Å²) in [5.74, 6) is 1.65. The summed E-state index contributed by atoms with van der Waals surface area (Å²) < 4.78 is 8.61. The Kier molecular flexibility index (Phi) is 2.69. The molecule has 0 spiro atoms. The Bertz CT molecular complexity index is 292. The van der Waals surface area contributed by atoms with Crippen LogP contribution in [0.1, 0.15) is 25.1 Å². The van der Waals surface area contributed by atoms with Gasteiger partial charge in [0.05, 0.1) is 12.8 Å². The van der Waals surface area contributed by atoms with E-state index in [4.69, 9.17) is 4.74 Å². The zero-order chi connectivity index (χ0) is 9.26. The van der Waals surface area contributed by atoms with E-state index in [-0.39, 0.29) is 0 Å². The molecule has 1 unspecified atom stereocenters. The van der Waals surface area contributed by atoms with Crippen molar-refractivity contribution in [2.24, 2.45) is 0 Å². The van der Waals surface area contributed by atoms with Crippen molar-refractivity contribution in [3.8, 4) is 0 Å². The molecule has 0 N–H and O–H groups in total. The van der Waals surface area contributed by atoms with Gasteiger partial charge in [-0.15, -0.1) is 0 Å². The maximum Gasteiger partial charge on any atom is 0.115 e. The predicted octanol–water partition coefficient (Wildman–Crippen LogP) is 2.17. The summed E-state index contributed by atoms with van der Waals surface area (Å²) in [7, 11) is 0. The van der Waals surface area contributed by atoms with Gasteiger partial charge >= 0.3 is 0 Å². The highest BCUT2D eigenvalue weighted by atomic mass is 79.9. The van der Waals surface area contributed by atoms with Crippen molar-refractivity contribution in [1.82, 2.24) is 9.55 Å². The first-order chi connectivity index (χ1) is 6.33. The minimum atomic E-state index is 0.492. The molecule has 0 aliphatic carbocycles. The maximum atomic E-state index is 5.35. The zero-order valence-corrected chi connectivity index (χ0v) is 9.25. The van der Waals surface area contributed by atoms with Gasteiger partial charge in [-0.3, -0.25) is 0 Å². The minimum absolute atomic E-state index is 0.492. The fourth-order valence-corrected chi connectivity index (χ4v) is 2.28. The molecule has 1 aliphatic rings. The molecule has 0 saturated carbocycles. The van der Waals surface area contributed by atoms with Gasteiger partial charge in [-0.25, -0.2) is 4.98 Å². The first-order valence-corrected chi connectivity index (χ1v) is 5.41. The van der Waals surface area contributed by atoms with Crippen LogP contribution in [0.2, 0.25) is 0 Å². The number of imidazole rings is 1. The standard InChI is InChI=1S/C9H13BrN2O/c1-2-12-8(10)5-11-9(12)7-3-4-13-6-7/h5,7H,2-4,6H2,1H3. The molecule has 3 nitrogen and oxygen atoms in total. The molecular weight excluding hydrogens is 232 g/mol. The van der Waals surface area contributed by atoms with Crippen molar-refractivity contribution in [2.75, 3.05) is 13.2 Å². The average Bonchev–Trinajstić information content (AvgIpc) is 2.71. The molecule has 1 aromatic rings. The highest BCUT2D eigenvalue weighted by Crippen LogP contribution is 2.26. The predicted molar refractivity (Wildman–Crippen MR) is 53.8 cm³/mol. The molecule has 0 bridgehead atoms. The zero-order valence-electron chi connectivity index (χ0n) is 7.66. The lowest BCUT2D eigenvalue weighted by Crippen LogP contribution is -2.08. The van der Waals surface area contributed by atoms with Crippen molar-refractivity contribution in [3.63, 3.8) is 0 Å². The van der Waals surface area contributed by atoms with Gasteiger partial charge in [-0.1, -0.05) is 0 Å². The Morgan fingerprint density at radius 3 is 3.23 bits per heavy atom. The smallest absolute Gasteiger partial charge is 0.115 e. The fraction of sp³-hybridized carbons (Fsp3) is 0.667. The second-order valence-corrected chi connectivity index (χ2v) is 4.06. The van der Waals surface area contributed by atoms with E-state index in [0.717, 1.165) is 36.6 Å². The van der Waals surface area contributed by atoms with E-state index >= 15 is 0 Å². The Balaban J connectivity index is 2.27. The Hall–Kier alpha value is -0.350. The first-order valence-electron chi connectivity index (χ1n) is 4.61. The lowest BCUT2D eigenvalue weighted by atomic mass is 10.1. The lowest BCUT2D eigenvalue weighted by molar-refractivity contribution is 0.192. The molecule has 2 heterocycles. The van der Waals surface area contributed by atoms with Gasteiger partial charge in [-0.2, -0.15) is 0 Å². The quantitative estimate of drug-likeness (QED) is 0.798. The monoisotopic (exact) mass is 244 g/mol. The van der Waals surface area contributed by atoms with Crippen LogP contribution in [0.25, 0.3) is 0 Å². The number of halogens is 1. The number of aromatic nitrogens is 2. The second-order valence-electron chi connectivity index (χ2n) is 3.24. The minimum Gasteiger partial charge on any atom is -0.381 e. The summed E-state index contributed by atoms with van der Waals surface area (Å²) in [6.45, 7) is 4.79. The molecule has 4 heteroatoms. The van der Waals surface area contributed by atoms with Gasteiger partial charge in [0.15, 0.2) is 0 Å². The normalized spacial score (nSPS) is 22.5. The van der Waals surface area contributed by atoms with E-state index in [2.05, 4.69) is 32.4 Å². The summed E-state index contributed by atoms with van der Waals surface area (Å²) in [5, 5.41) is 0. The van der Waals surface area contributed by atoms with Crippen LogP contribution in [-0.4, -0.2) is 22.8 Å². The maximum absolute atomic E-state index is 5.35. The van der Waals surface area contributed by atoms with Crippen LogP contribution in [0, 0.1) is 0 Å². The highest BCUT2D eigenvalue weighted by molar-refractivity contribution is 9.10. The van der Waals surface area contributed by atoms with Crippen LogP contribution in [0.4, 0.5) is 0 Å². The van der Waals surface area contributed by atoms with Gasteiger partial charge in [-0.05, 0) is 29.3 Å². The van der Waals surface area contributed by atoms with E-state index in [9.17, 15) is 0 Å². The Labute approximate surface area is 86.2 Å². The molecule has 1 fully saturated rings.